The second-order valence-corrected chi connectivity index (χ2v) is 3.95. The Hall–Kier alpha value is -0.440. The summed E-state index contributed by atoms with van der Waals surface area (Å²) in [5.41, 5.74) is 0. The van der Waals surface area contributed by atoms with Crippen molar-refractivity contribution in [2.45, 2.75) is 26.6 Å². The van der Waals surface area contributed by atoms with Crippen molar-refractivity contribution in [1.29, 1.82) is 0 Å². The molecule has 1 aromatic carbocycles. The Labute approximate surface area is 100 Å². The number of benzene rings is 1. The fourth-order valence-corrected chi connectivity index (χ4v) is 1.35. The van der Waals surface area contributed by atoms with E-state index in [0.717, 1.165) is 6.42 Å². The van der Waals surface area contributed by atoms with Crippen LogP contribution in [-0.2, 0) is 4.74 Å². The van der Waals surface area contributed by atoms with Gasteiger partial charge >= 0.3 is 0 Å². The van der Waals surface area contributed by atoms with Gasteiger partial charge in [0.2, 0.25) is 0 Å². The van der Waals surface area contributed by atoms with Crippen molar-refractivity contribution in [3.63, 3.8) is 0 Å². The molecular weight excluding hydrogens is 235 g/mol. The predicted octanol–water partition coefficient (Wildman–Crippen LogP) is 4.14. The summed E-state index contributed by atoms with van der Waals surface area (Å²) in [6.45, 7) is 4.58. The molecule has 1 unspecified atom stereocenters. The number of rotatable bonds is 5. The molecule has 0 bridgehead atoms. The minimum absolute atomic E-state index is 0.276. The first-order valence-corrected chi connectivity index (χ1v) is 5.62. The highest BCUT2D eigenvalue weighted by Crippen LogP contribution is 2.26. The van der Waals surface area contributed by atoms with Crippen LogP contribution in [0.3, 0.4) is 0 Å². The zero-order valence-electron chi connectivity index (χ0n) is 8.80. The molecule has 1 aromatic rings. The molecule has 0 saturated carbocycles. The summed E-state index contributed by atoms with van der Waals surface area (Å²) in [5, 5.41) is 1.00. The van der Waals surface area contributed by atoms with E-state index >= 15 is 0 Å². The Balaban J connectivity index is 2.53. The molecule has 1 rings (SSSR count). The summed E-state index contributed by atoms with van der Waals surface area (Å²) >= 11 is 11.6. The van der Waals surface area contributed by atoms with Gasteiger partial charge < -0.3 is 9.47 Å². The van der Waals surface area contributed by atoms with Crippen LogP contribution in [0, 0.1) is 0 Å². The van der Waals surface area contributed by atoms with Gasteiger partial charge in [-0.25, -0.2) is 0 Å². The fraction of sp³-hybridized carbons (Fsp3) is 0.455. The van der Waals surface area contributed by atoms with E-state index in [1.807, 2.05) is 13.8 Å². The van der Waals surface area contributed by atoms with Crippen molar-refractivity contribution in [3.05, 3.63) is 28.2 Å². The third kappa shape index (κ3) is 4.29. The van der Waals surface area contributed by atoms with Crippen LogP contribution < -0.4 is 4.74 Å². The van der Waals surface area contributed by atoms with Gasteiger partial charge in [-0.05, 0) is 25.5 Å². The maximum absolute atomic E-state index is 5.85. The van der Waals surface area contributed by atoms with E-state index in [2.05, 4.69) is 0 Å². The van der Waals surface area contributed by atoms with Crippen LogP contribution >= 0.6 is 23.2 Å². The quantitative estimate of drug-likeness (QED) is 0.730. The zero-order chi connectivity index (χ0) is 11.3. The Morgan fingerprint density at radius 2 is 2.00 bits per heavy atom. The van der Waals surface area contributed by atoms with Gasteiger partial charge in [0.1, 0.15) is 5.75 Å². The second-order valence-electron chi connectivity index (χ2n) is 3.13. The lowest BCUT2D eigenvalue weighted by Gasteiger charge is -2.15. The summed E-state index contributed by atoms with van der Waals surface area (Å²) in [6.07, 6.45) is 0.692. The minimum Gasteiger partial charge on any atom is -0.465 e. The number of ether oxygens (including phenoxy) is 2. The van der Waals surface area contributed by atoms with Crippen molar-refractivity contribution in [1.82, 2.24) is 0 Å². The lowest BCUT2D eigenvalue weighted by Crippen LogP contribution is -2.16. The zero-order valence-corrected chi connectivity index (χ0v) is 10.3. The average Bonchev–Trinajstić information content (AvgIpc) is 2.20. The van der Waals surface area contributed by atoms with Gasteiger partial charge in [-0.15, -0.1) is 0 Å². The Kier molecular flexibility index (Phi) is 5.23. The highest BCUT2D eigenvalue weighted by atomic mass is 35.5. The molecule has 84 valence electrons. The molecular formula is C11H14Cl2O2. The molecule has 0 saturated heterocycles. The van der Waals surface area contributed by atoms with Gasteiger partial charge in [-0.2, -0.15) is 0 Å². The van der Waals surface area contributed by atoms with Crippen LogP contribution in [-0.4, -0.2) is 12.9 Å². The minimum atomic E-state index is -0.276. The monoisotopic (exact) mass is 248 g/mol. The molecule has 4 heteroatoms. The molecule has 0 aliphatic rings. The van der Waals surface area contributed by atoms with Crippen molar-refractivity contribution in [2.24, 2.45) is 0 Å². The molecule has 15 heavy (non-hydrogen) atoms. The topological polar surface area (TPSA) is 18.5 Å². The maximum atomic E-state index is 5.85. The van der Waals surface area contributed by atoms with Crippen LogP contribution in [0.5, 0.6) is 5.75 Å². The second kappa shape index (κ2) is 6.21. The van der Waals surface area contributed by atoms with E-state index in [9.17, 15) is 0 Å². The molecule has 0 fully saturated rings. The Morgan fingerprint density at radius 1 is 1.27 bits per heavy atom. The molecule has 2 nitrogen and oxygen atoms in total. The Bertz CT molecular complexity index is 315. The highest BCUT2D eigenvalue weighted by Gasteiger charge is 2.05. The standard InChI is InChI=1S/C11H14Cl2O2/c1-3-6-14-8(2)15-9-4-5-10(12)11(13)7-9/h4-5,7-8H,3,6H2,1-2H3. The maximum Gasteiger partial charge on any atom is 0.196 e. The van der Waals surface area contributed by atoms with Gasteiger partial charge in [0.25, 0.3) is 0 Å². The summed E-state index contributed by atoms with van der Waals surface area (Å²) in [5.74, 6) is 0.660. The van der Waals surface area contributed by atoms with Gasteiger partial charge in [0.15, 0.2) is 6.29 Å². The lowest BCUT2D eigenvalue weighted by atomic mass is 10.3. The third-order valence-corrected chi connectivity index (χ3v) is 2.49. The molecule has 0 amide bonds. The van der Waals surface area contributed by atoms with Gasteiger partial charge in [-0.3, -0.25) is 0 Å². The number of hydrogen-bond donors (Lipinski definition) is 0. The largest absolute Gasteiger partial charge is 0.465 e. The molecule has 0 heterocycles. The number of halogens is 2. The van der Waals surface area contributed by atoms with Crippen molar-refractivity contribution < 1.29 is 9.47 Å². The van der Waals surface area contributed by atoms with Crippen LogP contribution in [0.2, 0.25) is 10.0 Å². The number of hydrogen-bond acceptors (Lipinski definition) is 2. The molecule has 0 aliphatic heterocycles. The fourth-order valence-electron chi connectivity index (χ4n) is 1.06. The summed E-state index contributed by atoms with van der Waals surface area (Å²) < 4.78 is 10.9. The highest BCUT2D eigenvalue weighted by molar-refractivity contribution is 6.42. The average molecular weight is 249 g/mol. The van der Waals surface area contributed by atoms with Gasteiger partial charge in [0.05, 0.1) is 16.7 Å². The van der Waals surface area contributed by atoms with Crippen molar-refractivity contribution >= 4 is 23.2 Å². The van der Waals surface area contributed by atoms with E-state index in [-0.39, 0.29) is 6.29 Å². The van der Waals surface area contributed by atoms with E-state index in [0.29, 0.717) is 22.4 Å². The molecule has 0 spiro atoms. The molecule has 0 radical (unpaired) electrons. The third-order valence-electron chi connectivity index (χ3n) is 1.75. The van der Waals surface area contributed by atoms with E-state index in [1.165, 1.54) is 0 Å². The van der Waals surface area contributed by atoms with Gasteiger partial charge in [-0.1, -0.05) is 30.1 Å². The first kappa shape index (κ1) is 12.6. The van der Waals surface area contributed by atoms with Crippen LogP contribution in [0.15, 0.2) is 18.2 Å². The van der Waals surface area contributed by atoms with E-state index in [4.69, 9.17) is 32.7 Å². The lowest BCUT2D eigenvalue weighted by molar-refractivity contribution is -0.0662. The first-order chi connectivity index (χ1) is 7.13. The van der Waals surface area contributed by atoms with Gasteiger partial charge in [0, 0.05) is 6.07 Å². The molecule has 0 N–H and O–H groups in total. The smallest absolute Gasteiger partial charge is 0.196 e. The van der Waals surface area contributed by atoms with Crippen LogP contribution in [0.1, 0.15) is 20.3 Å². The van der Waals surface area contributed by atoms with Crippen molar-refractivity contribution in [3.8, 4) is 5.75 Å². The van der Waals surface area contributed by atoms with Crippen LogP contribution in [0.4, 0.5) is 0 Å². The normalized spacial score (nSPS) is 12.5. The molecule has 1 atom stereocenters. The summed E-state index contributed by atoms with van der Waals surface area (Å²) in [6, 6.07) is 5.14. The first-order valence-electron chi connectivity index (χ1n) is 4.86. The van der Waals surface area contributed by atoms with E-state index in [1.54, 1.807) is 18.2 Å². The molecule has 0 aliphatic carbocycles. The SMILES string of the molecule is CCCOC(C)Oc1ccc(Cl)c(Cl)c1. The van der Waals surface area contributed by atoms with Crippen molar-refractivity contribution in [2.75, 3.05) is 6.61 Å². The summed E-state index contributed by atoms with van der Waals surface area (Å²) in [4.78, 5) is 0. The van der Waals surface area contributed by atoms with E-state index < -0.39 is 0 Å². The Morgan fingerprint density at radius 3 is 2.60 bits per heavy atom. The van der Waals surface area contributed by atoms with Crippen LogP contribution in [0.25, 0.3) is 0 Å². The summed E-state index contributed by atoms with van der Waals surface area (Å²) in [7, 11) is 0. The predicted molar refractivity (Wildman–Crippen MR) is 62.8 cm³/mol. The molecule has 0 aromatic heterocycles.